The van der Waals surface area contributed by atoms with Crippen LogP contribution in [0.15, 0.2) is 48.5 Å². The van der Waals surface area contributed by atoms with E-state index >= 15 is 0 Å². The molecule has 0 saturated carbocycles. The highest BCUT2D eigenvalue weighted by molar-refractivity contribution is 6.30. The fourth-order valence-electron chi connectivity index (χ4n) is 3.47. The van der Waals surface area contributed by atoms with Crippen molar-refractivity contribution < 1.29 is 9.90 Å². The molecule has 138 valence electrons. The number of likely N-dealkylation sites (tertiary alicyclic amines) is 1. The summed E-state index contributed by atoms with van der Waals surface area (Å²) in [5, 5.41) is 11.6. The first-order valence-corrected chi connectivity index (χ1v) is 9.44. The number of benzene rings is 2. The molecule has 1 saturated heterocycles. The van der Waals surface area contributed by atoms with Gasteiger partial charge in [-0.3, -0.25) is 4.79 Å². The zero-order valence-corrected chi connectivity index (χ0v) is 15.6. The number of hydrogen-bond acceptors (Lipinski definition) is 4. The molecule has 1 aliphatic heterocycles. The Bertz CT molecular complexity index is 736. The molecule has 3 N–H and O–H groups in total. The summed E-state index contributed by atoms with van der Waals surface area (Å²) >= 11 is 5.93. The van der Waals surface area contributed by atoms with E-state index in [0.717, 1.165) is 37.2 Å². The predicted octanol–water partition coefficient (Wildman–Crippen LogP) is 3.87. The molecule has 0 unspecified atom stereocenters. The summed E-state index contributed by atoms with van der Waals surface area (Å²) in [6, 6.07) is 14.5. The van der Waals surface area contributed by atoms with Gasteiger partial charge in [0.05, 0.1) is 5.60 Å². The van der Waals surface area contributed by atoms with Crippen LogP contribution in [-0.2, 0) is 5.60 Å². The number of hydrogen-bond donors (Lipinski definition) is 2. The number of ketones is 1. The Hall–Kier alpha value is -1.88. The van der Waals surface area contributed by atoms with Gasteiger partial charge in [-0.1, -0.05) is 23.7 Å². The molecule has 1 aliphatic rings. The Morgan fingerprint density at radius 3 is 2.31 bits per heavy atom. The van der Waals surface area contributed by atoms with Gasteiger partial charge in [-0.05, 0) is 67.8 Å². The summed E-state index contributed by atoms with van der Waals surface area (Å²) in [7, 11) is 0. The lowest BCUT2D eigenvalue weighted by molar-refractivity contribution is -0.0260. The number of piperidine rings is 1. The lowest BCUT2D eigenvalue weighted by Crippen LogP contribution is -2.42. The molecular formula is C21H25ClN2O2. The number of aliphatic hydroxyl groups is 1. The highest BCUT2D eigenvalue weighted by Gasteiger charge is 2.33. The third-order valence-electron chi connectivity index (χ3n) is 5.18. The van der Waals surface area contributed by atoms with Crippen LogP contribution in [0.25, 0.3) is 0 Å². The van der Waals surface area contributed by atoms with E-state index in [1.165, 1.54) is 0 Å². The first-order chi connectivity index (χ1) is 12.5. The molecule has 0 atom stereocenters. The first-order valence-electron chi connectivity index (χ1n) is 9.06. The molecule has 2 aromatic carbocycles. The van der Waals surface area contributed by atoms with Crippen molar-refractivity contribution in [2.45, 2.75) is 31.3 Å². The van der Waals surface area contributed by atoms with Crippen molar-refractivity contribution in [3.05, 3.63) is 64.7 Å². The van der Waals surface area contributed by atoms with Gasteiger partial charge in [0.2, 0.25) is 0 Å². The highest BCUT2D eigenvalue weighted by Crippen LogP contribution is 2.33. The summed E-state index contributed by atoms with van der Waals surface area (Å²) in [6.45, 7) is 2.53. The number of rotatable bonds is 6. The van der Waals surface area contributed by atoms with Crippen LogP contribution >= 0.6 is 11.6 Å². The number of halogens is 1. The molecule has 0 aromatic heterocycles. The maximum absolute atomic E-state index is 12.2. The van der Waals surface area contributed by atoms with Gasteiger partial charge in [0.25, 0.3) is 0 Å². The van der Waals surface area contributed by atoms with Gasteiger partial charge in [-0.15, -0.1) is 0 Å². The summed E-state index contributed by atoms with van der Waals surface area (Å²) in [5.74, 6) is 0.152. The Kier molecular flexibility index (Phi) is 5.97. The van der Waals surface area contributed by atoms with Crippen molar-refractivity contribution >= 4 is 23.1 Å². The first kappa shape index (κ1) is 18.9. The highest BCUT2D eigenvalue weighted by atomic mass is 35.5. The smallest absolute Gasteiger partial charge is 0.162 e. The molecule has 0 spiro atoms. The van der Waals surface area contributed by atoms with Crippen LogP contribution in [0.5, 0.6) is 0 Å². The molecule has 0 bridgehead atoms. The fourth-order valence-corrected chi connectivity index (χ4v) is 3.60. The molecule has 1 heterocycles. The van der Waals surface area contributed by atoms with E-state index < -0.39 is 5.60 Å². The monoisotopic (exact) mass is 372 g/mol. The third kappa shape index (κ3) is 4.64. The lowest BCUT2D eigenvalue weighted by atomic mass is 9.84. The number of nitrogens with two attached hydrogens (primary N) is 1. The minimum atomic E-state index is -0.777. The Balaban J connectivity index is 1.44. The van der Waals surface area contributed by atoms with Crippen LogP contribution in [0.4, 0.5) is 5.69 Å². The van der Waals surface area contributed by atoms with Crippen molar-refractivity contribution in [2.75, 3.05) is 25.4 Å². The molecule has 0 radical (unpaired) electrons. The average Bonchev–Trinajstić information content (AvgIpc) is 2.64. The topological polar surface area (TPSA) is 66.6 Å². The van der Waals surface area contributed by atoms with Gasteiger partial charge >= 0.3 is 0 Å². The van der Waals surface area contributed by atoms with Gasteiger partial charge in [0, 0.05) is 35.8 Å². The third-order valence-corrected chi connectivity index (χ3v) is 5.43. The molecule has 0 amide bonds. The van der Waals surface area contributed by atoms with Crippen LogP contribution in [0.2, 0.25) is 5.02 Å². The van der Waals surface area contributed by atoms with Crippen LogP contribution in [0.1, 0.15) is 41.6 Å². The van der Waals surface area contributed by atoms with E-state index in [-0.39, 0.29) is 5.78 Å². The van der Waals surface area contributed by atoms with E-state index in [4.69, 9.17) is 17.3 Å². The average molecular weight is 373 g/mol. The Morgan fingerprint density at radius 1 is 1.08 bits per heavy atom. The number of nitrogen functional groups attached to an aromatic ring is 1. The van der Waals surface area contributed by atoms with Crippen LogP contribution in [0.3, 0.4) is 0 Å². The van der Waals surface area contributed by atoms with Gasteiger partial charge in [0.15, 0.2) is 5.78 Å². The normalized spacial score (nSPS) is 17.2. The van der Waals surface area contributed by atoms with Gasteiger partial charge in [0.1, 0.15) is 0 Å². The van der Waals surface area contributed by atoms with Gasteiger partial charge in [-0.2, -0.15) is 0 Å². The van der Waals surface area contributed by atoms with Crippen molar-refractivity contribution in [1.82, 2.24) is 4.90 Å². The molecule has 3 rings (SSSR count). The minimum absolute atomic E-state index is 0.152. The second-order valence-electron chi connectivity index (χ2n) is 7.03. The zero-order chi connectivity index (χ0) is 18.6. The SMILES string of the molecule is Nc1ccc(C(=O)CCCN2CCC(O)(c3ccc(Cl)cc3)CC2)cc1. The summed E-state index contributed by atoms with van der Waals surface area (Å²) in [5.41, 5.74) is 7.19. The van der Waals surface area contributed by atoms with Crippen LogP contribution < -0.4 is 5.73 Å². The maximum Gasteiger partial charge on any atom is 0.162 e. The van der Waals surface area contributed by atoms with Crippen molar-refractivity contribution in [3.63, 3.8) is 0 Å². The number of carbonyl (C=O) groups excluding carboxylic acids is 1. The molecule has 1 fully saturated rings. The number of nitrogens with zero attached hydrogens (tertiary/aromatic N) is 1. The second kappa shape index (κ2) is 8.21. The molecule has 4 nitrogen and oxygen atoms in total. The Morgan fingerprint density at radius 2 is 1.69 bits per heavy atom. The predicted molar refractivity (Wildman–Crippen MR) is 105 cm³/mol. The van der Waals surface area contributed by atoms with Crippen LogP contribution in [0, 0.1) is 0 Å². The fraction of sp³-hybridized carbons (Fsp3) is 0.381. The van der Waals surface area contributed by atoms with E-state index in [2.05, 4.69) is 4.90 Å². The summed E-state index contributed by atoms with van der Waals surface area (Å²) < 4.78 is 0. The van der Waals surface area contributed by atoms with E-state index in [1.807, 2.05) is 24.3 Å². The second-order valence-corrected chi connectivity index (χ2v) is 7.47. The van der Waals surface area contributed by atoms with E-state index in [0.29, 0.717) is 30.0 Å². The summed E-state index contributed by atoms with van der Waals surface area (Å²) in [4.78, 5) is 14.5. The standard InChI is InChI=1S/C21H25ClN2O2/c22-18-7-5-17(6-8-18)21(26)11-14-24(15-12-21)13-1-2-20(25)16-3-9-19(23)10-4-16/h3-10,26H,1-2,11-15,23H2. The molecular weight excluding hydrogens is 348 g/mol. The van der Waals surface area contributed by atoms with Crippen molar-refractivity contribution in [3.8, 4) is 0 Å². The van der Waals surface area contributed by atoms with E-state index in [1.54, 1.807) is 24.3 Å². The maximum atomic E-state index is 12.2. The van der Waals surface area contributed by atoms with Crippen molar-refractivity contribution in [1.29, 1.82) is 0 Å². The molecule has 2 aromatic rings. The molecule has 0 aliphatic carbocycles. The minimum Gasteiger partial charge on any atom is -0.399 e. The largest absolute Gasteiger partial charge is 0.399 e. The number of anilines is 1. The van der Waals surface area contributed by atoms with Crippen molar-refractivity contribution in [2.24, 2.45) is 0 Å². The van der Waals surface area contributed by atoms with Gasteiger partial charge < -0.3 is 15.7 Å². The lowest BCUT2D eigenvalue weighted by Gasteiger charge is -2.38. The molecule has 5 heteroatoms. The van der Waals surface area contributed by atoms with Crippen LogP contribution in [-0.4, -0.2) is 35.4 Å². The number of Topliss-reactive ketones (excluding diaryl/α,β-unsaturated/α-hetero) is 1. The quantitative estimate of drug-likeness (QED) is 0.596. The Labute approximate surface area is 159 Å². The van der Waals surface area contributed by atoms with Gasteiger partial charge in [-0.25, -0.2) is 0 Å². The molecule has 26 heavy (non-hydrogen) atoms. The number of carbonyl (C=O) groups is 1. The zero-order valence-electron chi connectivity index (χ0n) is 14.8. The summed E-state index contributed by atoms with van der Waals surface area (Å²) in [6.07, 6.45) is 2.74. The van der Waals surface area contributed by atoms with E-state index in [9.17, 15) is 9.90 Å².